The van der Waals surface area contributed by atoms with E-state index in [2.05, 4.69) is 10.3 Å². The number of anilines is 1. The number of hydrogen-bond acceptors (Lipinski definition) is 5. The maximum Gasteiger partial charge on any atom is 0.238 e. The van der Waals surface area contributed by atoms with E-state index >= 15 is 0 Å². The molecule has 0 saturated heterocycles. The number of thioether (sulfide) groups is 1. The molecule has 0 aliphatic heterocycles. The number of hydrogen-bond donors (Lipinski definition) is 2. The van der Waals surface area contributed by atoms with Crippen molar-refractivity contribution in [3.63, 3.8) is 0 Å². The SMILES string of the molecule is CC(Sc1nccn1-c1ccc(Cl)cc1)C(=O)Nc1cccc(S(N)(=O)=O)c1. The van der Waals surface area contributed by atoms with E-state index in [1.165, 1.54) is 30.0 Å². The van der Waals surface area contributed by atoms with E-state index in [4.69, 9.17) is 16.7 Å². The summed E-state index contributed by atoms with van der Waals surface area (Å²) < 4.78 is 24.8. The number of primary sulfonamides is 1. The first-order valence-corrected chi connectivity index (χ1v) is 10.9. The van der Waals surface area contributed by atoms with Crippen LogP contribution in [0.5, 0.6) is 0 Å². The van der Waals surface area contributed by atoms with Crippen LogP contribution in [0.4, 0.5) is 5.69 Å². The molecule has 1 aromatic heterocycles. The Labute approximate surface area is 172 Å². The molecule has 3 aromatic rings. The number of halogens is 1. The summed E-state index contributed by atoms with van der Waals surface area (Å²) in [4.78, 5) is 16.8. The lowest BCUT2D eigenvalue weighted by Crippen LogP contribution is -2.23. The molecule has 0 bridgehead atoms. The van der Waals surface area contributed by atoms with Crippen molar-refractivity contribution in [3.8, 4) is 5.69 Å². The van der Waals surface area contributed by atoms with Gasteiger partial charge in [-0.25, -0.2) is 18.5 Å². The number of aromatic nitrogens is 2. The van der Waals surface area contributed by atoms with Gasteiger partial charge in [0.2, 0.25) is 15.9 Å². The minimum absolute atomic E-state index is 0.0658. The van der Waals surface area contributed by atoms with E-state index in [9.17, 15) is 13.2 Å². The average Bonchev–Trinajstić information content (AvgIpc) is 3.10. The van der Waals surface area contributed by atoms with E-state index in [0.717, 1.165) is 5.69 Å². The van der Waals surface area contributed by atoms with Crippen molar-refractivity contribution < 1.29 is 13.2 Å². The Balaban J connectivity index is 1.72. The van der Waals surface area contributed by atoms with Gasteiger partial charge in [-0.1, -0.05) is 29.4 Å². The zero-order valence-corrected chi connectivity index (χ0v) is 17.1. The van der Waals surface area contributed by atoms with Crippen LogP contribution in [0.2, 0.25) is 5.02 Å². The second-order valence-corrected chi connectivity index (χ2v) is 9.18. The molecule has 0 spiro atoms. The van der Waals surface area contributed by atoms with E-state index in [1.54, 1.807) is 37.5 Å². The number of nitrogens with one attached hydrogen (secondary N) is 1. The summed E-state index contributed by atoms with van der Waals surface area (Å²) in [5.74, 6) is -0.290. The summed E-state index contributed by atoms with van der Waals surface area (Å²) in [6.07, 6.45) is 3.45. The van der Waals surface area contributed by atoms with Gasteiger partial charge in [0, 0.05) is 28.8 Å². The number of sulfonamides is 1. The molecule has 1 atom stereocenters. The lowest BCUT2D eigenvalue weighted by atomic mass is 10.3. The zero-order valence-electron chi connectivity index (χ0n) is 14.7. The topological polar surface area (TPSA) is 107 Å². The van der Waals surface area contributed by atoms with Crippen molar-refractivity contribution in [2.24, 2.45) is 5.14 Å². The van der Waals surface area contributed by atoms with Crippen LogP contribution in [0.1, 0.15) is 6.92 Å². The Kier molecular flexibility index (Phi) is 6.09. The van der Waals surface area contributed by atoms with Crippen LogP contribution in [0.3, 0.4) is 0 Å². The third-order valence-corrected chi connectivity index (χ3v) is 6.04. The van der Waals surface area contributed by atoms with Crippen LogP contribution in [-0.2, 0) is 14.8 Å². The molecule has 1 amide bonds. The van der Waals surface area contributed by atoms with Gasteiger partial charge in [-0.15, -0.1) is 0 Å². The third-order valence-electron chi connectivity index (χ3n) is 3.79. The fourth-order valence-electron chi connectivity index (χ4n) is 2.38. The van der Waals surface area contributed by atoms with E-state index < -0.39 is 15.3 Å². The Hall–Kier alpha value is -2.33. The highest BCUT2D eigenvalue weighted by molar-refractivity contribution is 8.00. The molecular weight excluding hydrogens is 420 g/mol. The van der Waals surface area contributed by atoms with Crippen molar-refractivity contribution in [2.45, 2.75) is 22.2 Å². The highest BCUT2D eigenvalue weighted by Gasteiger charge is 2.18. The van der Waals surface area contributed by atoms with Gasteiger partial charge in [0.1, 0.15) is 0 Å². The molecule has 2 aromatic carbocycles. The molecule has 146 valence electrons. The third kappa shape index (κ3) is 4.93. The van der Waals surface area contributed by atoms with Crippen molar-refractivity contribution >= 4 is 45.0 Å². The Bertz CT molecular complexity index is 1100. The molecule has 10 heteroatoms. The molecule has 0 aliphatic rings. The lowest BCUT2D eigenvalue weighted by Gasteiger charge is -2.13. The fraction of sp³-hybridized carbons (Fsp3) is 0.111. The Morgan fingerprint density at radius 2 is 1.96 bits per heavy atom. The molecule has 1 unspecified atom stereocenters. The minimum Gasteiger partial charge on any atom is -0.325 e. The molecular formula is C18H17ClN4O3S2. The molecule has 0 saturated carbocycles. The summed E-state index contributed by atoms with van der Waals surface area (Å²) in [5.41, 5.74) is 1.22. The van der Waals surface area contributed by atoms with Gasteiger partial charge < -0.3 is 5.32 Å². The number of benzene rings is 2. The second kappa shape index (κ2) is 8.36. The molecule has 0 radical (unpaired) electrons. The predicted octanol–water partition coefficient (Wildman–Crippen LogP) is 3.29. The van der Waals surface area contributed by atoms with Gasteiger partial charge in [0.15, 0.2) is 5.16 Å². The van der Waals surface area contributed by atoms with Crippen LogP contribution >= 0.6 is 23.4 Å². The maximum absolute atomic E-state index is 12.5. The van der Waals surface area contributed by atoms with E-state index in [-0.39, 0.29) is 10.8 Å². The Morgan fingerprint density at radius 3 is 2.64 bits per heavy atom. The summed E-state index contributed by atoms with van der Waals surface area (Å²) in [6, 6.07) is 13.1. The summed E-state index contributed by atoms with van der Waals surface area (Å²) in [5, 5.41) is 8.62. The molecule has 1 heterocycles. The van der Waals surface area contributed by atoms with Gasteiger partial charge in [0.25, 0.3) is 0 Å². The quantitative estimate of drug-likeness (QED) is 0.576. The first kappa shape index (κ1) is 20.4. The smallest absolute Gasteiger partial charge is 0.238 e. The van der Waals surface area contributed by atoms with E-state index in [0.29, 0.717) is 15.9 Å². The summed E-state index contributed by atoms with van der Waals surface area (Å²) in [7, 11) is -3.84. The summed E-state index contributed by atoms with van der Waals surface area (Å²) >= 11 is 7.20. The normalized spacial score (nSPS) is 12.5. The number of amides is 1. The zero-order chi connectivity index (χ0) is 20.3. The summed E-state index contributed by atoms with van der Waals surface area (Å²) in [6.45, 7) is 1.74. The van der Waals surface area contributed by atoms with Crippen LogP contribution in [-0.4, -0.2) is 29.1 Å². The van der Waals surface area contributed by atoms with Crippen LogP contribution in [0.15, 0.2) is 71.0 Å². The monoisotopic (exact) mass is 436 g/mol. The number of imidazole rings is 1. The highest BCUT2D eigenvalue weighted by Crippen LogP contribution is 2.26. The average molecular weight is 437 g/mol. The van der Waals surface area contributed by atoms with Crippen molar-refractivity contribution in [3.05, 3.63) is 65.9 Å². The minimum atomic E-state index is -3.84. The first-order chi connectivity index (χ1) is 13.2. The Morgan fingerprint density at radius 1 is 1.25 bits per heavy atom. The van der Waals surface area contributed by atoms with Crippen LogP contribution < -0.4 is 10.5 Å². The van der Waals surface area contributed by atoms with Gasteiger partial charge in [-0.05, 0) is 49.4 Å². The van der Waals surface area contributed by atoms with Gasteiger partial charge in [-0.2, -0.15) is 0 Å². The van der Waals surface area contributed by atoms with Gasteiger partial charge in [-0.3, -0.25) is 9.36 Å². The van der Waals surface area contributed by atoms with Crippen LogP contribution in [0, 0.1) is 0 Å². The largest absolute Gasteiger partial charge is 0.325 e. The predicted molar refractivity (Wildman–Crippen MR) is 110 cm³/mol. The van der Waals surface area contributed by atoms with Crippen molar-refractivity contribution in [1.29, 1.82) is 0 Å². The maximum atomic E-state index is 12.5. The van der Waals surface area contributed by atoms with Crippen LogP contribution in [0.25, 0.3) is 5.69 Å². The molecule has 3 N–H and O–H groups in total. The number of carbonyl (C=O) groups is 1. The molecule has 28 heavy (non-hydrogen) atoms. The molecule has 0 fully saturated rings. The number of nitrogens with two attached hydrogens (primary N) is 1. The molecule has 7 nitrogen and oxygen atoms in total. The molecule has 3 rings (SSSR count). The number of nitrogens with zero attached hydrogens (tertiary/aromatic N) is 2. The van der Waals surface area contributed by atoms with Crippen molar-refractivity contribution in [2.75, 3.05) is 5.32 Å². The lowest BCUT2D eigenvalue weighted by molar-refractivity contribution is -0.115. The van der Waals surface area contributed by atoms with Gasteiger partial charge in [0.05, 0.1) is 10.1 Å². The van der Waals surface area contributed by atoms with E-state index in [1.807, 2.05) is 16.7 Å². The van der Waals surface area contributed by atoms with Gasteiger partial charge >= 0.3 is 0 Å². The first-order valence-electron chi connectivity index (χ1n) is 8.14. The molecule has 0 aliphatic carbocycles. The number of rotatable bonds is 6. The standard InChI is InChI=1S/C18H17ClN4O3S2/c1-12(17(24)22-14-3-2-4-16(11-14)28(20,25)26)27-18-21-9-10-23(18)15-7-5-13(19)6-8-15/h2-12H,1H3,(H,22,24)(H2,20,25,26). The number of carbonyl (C=O) groups excluding carboxylic acids is 1. The highest BCUT2D eigenvalue weighted by atomic mass is 35.5. The fourth-order valence-corrected chi connectivity index (χ4v) is 3.95. The second-order valence-electron chi connectivity index (χ2n) is 5.88. The van der Waals surface area contributed by atoms with Crippen molar-refractivity contribution in [1.82, 2.24) is 9.55 Å².